The second kappa shape index (κ2) is 12.8. The minimum Gasteiger partial charge on any atom is -0.298 e. The van der Waals surface area contributed by atoms with Crippen LogP contribution in [0, 0.1) is 5.41 Å². The molecule has 2 heterocycles. The van der Waals surface area contributed by atoms with E-state index in [0.29, 0.717) is 11.4 Å². The highest BCUT2D eigenvalue weighted by Crippen LogP contribution is 2.44. The van der Waals surface area contributed by atoms with E-state index < -0.39 is 0 Å². The standard InChI is InChI=1S/C46H31N5/c47-45-37(31-20-24-48-25-21-31)18-19-38(32-22-26-49-27-23-32)46(45)51-50-36-11-7-10-34(29-36)43-39-12-3-5-14-41(39)44(42-15-6-4-13-40(42)43)35-17-16-30-8-1-2-9-33(30)28-35/h1-29,47,50H/b47-45?,51-46-. The van der Waals surface area contributed by atoms with Crippen LogP contribution >= 0.6 is 0 Å². The third-order valence-corrected chi connectivity index (χ3v) is 9.58. The molecule has 51 heavy (non-hydrogen) atoms. The molecule has 2 N–H and O–H groups in total. The van der Waals surface area contributed by atoms with Crippen molar-refractivity contribution in [2.24, 2.45) is 5.10 Å². The van der Waals surface area contributed by atoms with Crippen LogP contribution in [0.15, 0.2) is 182 Å². The van der Waals surface area contributed by atoms with Gasteiger partial charge in [0.25, 0.3) is 0 Å². The molecule has 0 radical (unpaired) electrons. The highest BCUT2D eigenvalue weighted by atomic mass is 15.3. The summed E-state index contributed by atoms with van der Waals surface area (Å²) < 4.78 is 0. The Morgan fingerprint density at radius 1 is 0.451 bits per heavy atom. The van der Waals surface area contributed by atoms with E-state index in [4.69, 9.17) is 5.10 Å². The molecule has 8 aromatic rings. The Morgan fingerprint density at radius 2 is 0.980 bits per heavy atom. The summed E-state index contributed by atoms with van der Waals surface area (Å²) in [5, 5.41) is 21.4. The van der Waals surface area contributed by atoms with Crippen LogP contribution in [0.4, 0.5) is 5.69 Å². The Morgan fingerprint density at radius 3 is 1.61 bits per heavy atom. The van der Waals surface area contributed by atoms with E-state index in [2.05, 4.69) is 125 Å². The summed E-state index contributed by atoms with van der Waals surface area (Å²) in [7, 11) is 0. The molecule has 0 bridgehead atoms. The Bertz CT molecular complexity index is 2670. The van der Waals surface area contributed by atoms with Gasteiger partial charge in [-0.1, -0.05) is 109 Å². The largest absolute Gasteiger partial charge is 0.298 e. The van der Waals surface area contributed by atoms with E-state index >= 15 is 0 Å². The van der Waals surface area contributed by atoms with Gasteiger partial charge in [-0.15, -0.1) is 0 Å². The molecule has 0 aliphatic heterocycles. The van der Waals surface area contributed by atoms with E-state index in [0.717, 1.165) is 33.5 Å². The van der Waals surface area contributed by atoms with E-state index in [1.54, 1.807) is 24.8 Å². The molecule has 1 aliphatic carbocycles. The van der Waals surface area contributed by atoms with E-state index in [1.807, 2.05) is 42.5 Å². The molecule has 5 heteroatoms. The van der Waals surface area contributed by atoms with Crippen LogP contribution in [0.2, 0.25) is 0 Å². The summed E-state index contributed by atoms with van der Waals surface area (Å²) in [6.45, 7) is 0. The maximum absolute atomic E-state index is 9.26. The lowest BCUT2D eigenvalue weighted by atomic mass is 9.85. The van der Waals surface area contributed by atoms with Crippen molar-refractivity contribution in [3.63, 3.8) is 0 Å². The van der Waals surface area contributed by atoms with Gasteiger partial charge in [0, 0.05) is 35.9 Å². The average Bonchev–Trinajstić information content (AvgIpc) is 3.20. The second-order valence-corrected chi connectivity index (χ2v) is 12.6. The van der Waals surface area contributed by atoms with Crippen LogP contribution in [0.1, 0.15) is 11.1 Å². The minimum absolute atomic E-state index is 0.334. The van der Waals surface area contributed by atoms with Gasteiger partial charge in [-0.3, -0.25) is 20.8 Å². The number of aromatic nitrogens is 2. The smallest absolute Gasteiger partial charge is 0.117 e. The first-order valence-corrected chi connectivity index (χ1v) is 16.9. The predicted octanol–water partition coefficient (Wildman–Crippen LogP) is 11.2. The molecule has 9 rings (SSSR count). The van der Waals surface area contributed by atoms with Crippen LogP contribution in [0.25, 0.3) is 65.7 Å². The molecule has 240 valence electrons. The monoisotopic (exact) mass is 653 g/mol. The summed E-state index contributed by atoms with van der Waals surface area (Å²) in [4.78, 5) is 8.36. The maximum atomic E-state index is 9.26. The van der Waals surface area contributed by atoms with Gasteiger partial charge < -0.3 is 0 Å². The topological polar surface area (TPSA) is 74.0 Å². The van der Waals surface area contributed by atoms with E-state index in [1.165, 1.54) is 49.0 Å². The van der Waals surface area contributed by atoms with Crippen molar-refractivity contribution in [2.45, 2.75) is 0 Å². The van der Waals surface area contributed by atoms with E-state index in [-0.39, 0.29) is 0 Å². The molecule has 0 saturated heterocycles. The number of anilines is 1. The first-order chi connectivity index (χ1) is 25.2. The number of rotatable bonds is 6. The third kappa shape index (κ3) is 5.47. The third-order valence-electron chi connectivity index (χ3n) is 9.58. The molecule has 1 aliphatic rings. The molecule has 6 aromatic carbocycles. The number of fused-ring (bicyclic) bond motifs is 3. The van der Waals surface area contributed by atoms with Gasteiger partial charge >= 0.3 is 0 Å². The summed E-state index contributed by atoms with van der Waals surface area (Å²) in [6.07, 6.45) is 11.0. The van der Waals surface area contributed by atoms with Gasteiger partial charge in [0.1, 0.15) is 5.71 Å². The number of hydrazone groups is 1. The fourth-order valence-electron chi connectivity index (χ4n) is 7.20. The van der Waals surface area contributed by atoms with Gasteiger partial charge in [-0.05, 0) is 108 Å². The van der Waals surface area contributed by atoms with Crippen molar-refractivity contribution in [1.29, 1.82) is 5.41 Å². The number of pyridine rings is 2. The van der Waals surface area contributed by atoms with Gasteiger partial charge in [-0.25, -0.2) is 0 Å². The molecular formula is C46H31N5. The SMILES string of the molecule is N=C1C(c2ccncc2)=CC=C(c2ccncc2)/C1=N/Nc1cccc(-c2c3ccccc3c(-c3ccc4ccccc4c3)c3ccccc23)c1. The molecule has 0 atom stereocenters. The zero-order chi connectivity index (χ0) is 34.1. The lowest BCUT2D eigenvalue weighted by molar-refractivity contribution is 1.31. The van der Waals surface area contributed by atoms with Crippen molar-refractivity contribution < 1.29 is 0 Å². The van der Waals surface area contributed by atoms with Crippen LogP contribution in [0.5, 0.6) is 0 Å². The van der Waals surface area contributed by atoms with Gasteiger partial charge in [0.05, 0.1) is 11.4 Å². The number of benzene rings is 6. The van der Waals surface area contributed by atoms with Gasteiger partial charge in [0.15, 0.2) is 0 Å². The average molecular weight is 654 g/mol. The number of nitrogens with zero attached hydrogens (tertiary/aromatic N) is 3. The van der Waals surface area contributed by atoms with Crippen LogP contribution in [0.3, 0.4) is 0 Å². The summed E-state index contributed by atoms with van der Waals surface area (Å²) in [5.74, 6) is 0. The van der Waals surface area contributed by atoms with Crippen LogP contribution in [-0.4, -0.2) is 21.4 Å². The Labute approximate surface area is 295 Å². The zero-order valence-corrected chi connectivity index (χ0v) is 27.6. The highest BCUT2D eigenvalue weighted by Gasteiger charge is 2.23. The predicted molar refractivity (Wildman–Crippen MR) is 213 cm³/mol. The number of hydrogen-bond donors (Lipinski definition) is 2. The van der Waals surface area contributed by atoms with Gasteiger partial charge in [0.2, 0.25) is 0 Å². The number of nitrogens with one attached hydrogen (secondary N) is 2. The number of hydrogen-bond acceptors (Lipinski definition) is 5. The van der Waals surface area contributed by atoms with Crippen LogP contribution < -0.4 is 5.43 Å². The first kappa shape index (κ1) is 30.1. The molecule has 0 amide bonds. The van der Waals surface area contributed by atoms with Crippen molar-refractivity contribution >= 4 is 60.6 Å². The van der Waals surface area contributed by atoms with Crippen molar-refractivity contribution in [2.75, 3.05) is 5.43 Å². The molecule has 0 saturated carbocycles. The molecule has 5 nitrogen and oxygen atoms in total. The quantitative estimate of drug-likeness (QED) is 0.107. The Kier molecular flexibility index (Phi) is 7.56. The fraction of sp³-hybridized carbons (Fsp3) is 0. The zero-order valence-electron chi connectivity index (χ0n) is 27.6. The summed E-state index contributed by atoms with van der Waals surface area (Å²) >= 11 is 0. The lowest BCUT2D eigenvalue weighted by Gasteiger charge is -2.20. The van der Waals surface area contributed by atoms with Crippen molar-refractivity contribution in [1.82, 2.24) is 9.97 Å². The van der Waals surface area contributed by atoms with Crippen LogP contribution in [-0.2, 0) is 0 Å². The van der Waals surface area contributed by atoms with E-state index in [9.17, 15) is 5.41 Å². The molecule has 0 spiro atoms. The summed E-state index contributed by atoms with van der Waals surface area (Å²) in [6, 6.07) is 48.8. The first-order valence-electron chi connectivity index (χ1n) is 16.9. The normalized spacial score (nSPS) is 13.8. The lowest BCUT2D eigenvalue weighted by Crippen LogP contribution is -2.21. The molecule has 0 fully saturated rings. The summed E-state index contributed by atoms with van der Waals surface area (Å²) in [5.41, 5.74) is 13.2. The Hall–Kier alpha value is -6.98. The fourth-order valence-corrected chi connectivity index (χ4v) is 7.20. The minimum atomic E-state index is 0.334. The second-order valence-electron chi connectivity index (χ2n) is 12.6. The van der Waals surface area contributed by atoms with Crippen molar-refractivity contribution in [3.05, 3.63) is 188 Å². The highest BCUT2D eigenvalue weighted by molar-refractivity contribution is 6.69. The molecule has 0 unspecified atom stereocenters. The molecular weight excluding hydrogens is 623 g/mol. The number of allylic oxidation sites excluding steroid dienone is 4. The van der Waals surface area contributed by atoms with Crippen molar-refractivity contribution in [3.8, 4) is 22.3 Å². The molecule has 2 aromatic heterocycles. The maximum Gasteiger partial charge on any atom is 0.117 e. The van der Waals surface area contributed by atoms with Gasteiger partial charge in [-0.2, -0.15) is 5.10 Å². The Balaban J connectivity index is 1.16.